The van der Waals surface area contributed by atoms with Gasteiger partial charge >= 0.3 is 6.18 Å². The molecule has 0 bridgehead atoms. The van der Waals surface area contributed by atoms with Gasteiger partial charge in [0.2, 0.25) is 5.91 Å². The predicted octanol–water partition coefficient (Wildman–Crippen LogP) is 7.41. The minimum absolute atomic E-state index is 0.0577. The van der Waals surface area contributed by atoms with Gasteiger partial charge in [-0.2, -0.15) is 13.2 Å². The molecule has 0 aromatic heterocycles. The van der Waals surface area contributed by atoms with Gasteiger partial charge in [0.25, 0.3) is 0 Å². The third-order valence-electron chi connectivity index (χ3n) is 8.56. The van der Waals surface area contributed by atoms with Crippen molar-refractivity contribution in [3.63, 3.8) is 0 Å². The van der Waals surface area contributed by atoms with Gasteiger partial charge in [0.15, 0.2) is 6.23 Å². The van der Waals surface area contributed by atoms with E-state index in [0.717, 1.165) is 85.3 Å². The van der Waals surface area contributed by atoms with Gasteiger partial charge < -0.3 is 24.4 Å². The SMILES string of the molecule is COc1cc(CC2=CCCN(C(=O)C3CCCOC(c4ccc(C(F)(F)F)cc4)CCC3)CC2)ccc1C1=CNC(C)O1. The van der Waals surface area contributed by atoms with Gasteiger partial charge in [0.1, 0.15) is 11.5 Å². The van der Waals surface area contributed by atoms with Gasteiger partial charge in [0, 0.05) is 31.8 Å². The number of carbonyl (C=O) groups excluding carboxylic acids is 1. The second kappa shape index (κ2) is 13.9. The van der Waals surface area contributed by atoms with Crippen LogP contribution in [0.4, 0.5) is 13.2 Å². The molecule has 3 heterocycles. The molecule has 1 fully saturated rings. The first-order valence-electron chi connectivity index (χ1n) is 15.3. The van der Waals surface area contributed by atoms with Gasteiger partial charge in [-0.15, -0.1) is 0 Å². The molecule has 1 saturated heterocycles. The second-order valence-electron chi connectivity index (χ2n) is 11.6. The first-order chi connectivity index (χ1) is 20.7. The van der Waals surface area contributed by atoms with Crippen LogP contribution in [0.2, 0.25) is 0 Å². The Balaban J connectivity index is 1.13. The molecular weight excluding hydrogens is 557 g/mol. The first-order valence-corrected chi connectivity index (χ1v) is 15.3. The number of nitrogens with one attached hydrogen (secondary N) is 1. The van der Waals surface area contributed by atoms with Crippen molar-refractivity contribution in [2.75, 3.05) is 26.8 Å². The van der Waals surface area contributed by atoms with Crippen LogP contribution in [-0.4, -0.2) is 43.8 Å². The average Bonchev–Trinajstić information content (AvgIpc) is 3.36. The summed E-state index contributed by atoms with van der Waals surface area (Å²) in [7, 11) is 1.67. The summed E-state index contributed by atoms with van der Waals surface area (Å²) in [5, 5.41) is 3.15. The number of alkyl halides is 3. The lowest BCUT2D eigenvalue weighted by molar-refractivity contribution is -0.138. The lowest BCUT2D eigenvalue weighted by Gasteiger charge is -2.26. The van der Waals surface area contributed by atoms with Gasteiger partial charge in [-0.05, 0) is 93.7 Å². The number of nitrogens with zero attached hydrogens (tertiary/aromatic N) is 1. The van der Waals surface area contributed by atoms with E-state index in [0.29, 0.717) is 26.1 Å². The Morgan fingerprint density at radius 2 is 1.86 bits per heavy atom. The van der Waals surface area contributed by atoms with Crippen molar-refractivity contribution in [3.8, 4) is 5.75 Å². The molecule has 1 amide bonds. The van der Waals surface area contributed by atoms with Crippen LogP contribution < -0.4 is 10.1 Å². The van der Waals surface area contributed by atoms with Crippen LogP contribution in [0.15, 0.2) is 60.3 Å². The molecule has 3 aliphatic rings. The van der Waals surface area contributed by atoms with E-state index in [-0.39, 0.29) is 24.2 Å². The van der Waals surface area contributed by atoms with Crippen LogP contribution in [0.5, 0.6) is 5.75 Å². The smallest absolute Gasteiger partial charge is 0.416 e. The van der Waals surface area contributed by atoms with Crippen LogP contribution in [0.25, 0.3) is 5.76 Å². The first kappa shape index (κ1) is 31.0. The molecular formula is C34H41F3N2O4. The minimum atomic E-state index is -4.35. The highest BCUT2D eigenvalue weighted by molar-refractivity contribution is 5.79. The van der Waals surface area contributed by atoms with Crippen LogP contribution >= 0.6 is 0 Å². The van der Waals surface area contributed by atoms with Crippen LogP contribution in [0, 0.1) is 5.92 Å². The summed E-state index contributed by atoms with van der Waals surface area (Å²) in [6, 6.07) is 11.5. The van der Waals surface area contributed by atoms with Crippen molar-refractivity contribution in [2.45, 2.75) is 76.8 Å². The Hall–Kier alpha value is -3.46. The number of amides is 1. The molecule has 2 aromatic carbocycles. The fourth-order valence-electron chi connectivity index (χ4n) is 6.19. The van der Waals surface area contributed by atoms with E-state index in [2.05, 4.69) is 23.5 Å². The lowest BCUT2D eigenvalue weighted by Crippen LogP contribution is -2.37. The molecule has 0 aliphatic carbocycles. The molecule has 2 aromatic rings. The zero-order valence-corrected chi connectivity index (χ0v) is 24.9. The Bertz CT molecular complexity index is 1320. The molecule has 0 spiro atoms. The van der Waals surface area contributed by atoms with Crippen molar-refractivity contribution in [1.82, 2.24) is 10.2 Å². The lowest BCUT2D eigenvalue weighted by atomic mass is 9.93. The highest BCUT2D eigenvalue weighted by Crippen LogP contribution is 2.34. The Labute approximate surface area is 251 Å². The van der Waals surface area contributed by atoms with Crippen molar-refractivity contribution in [1.29, 1.82) is 0 Å². The van der Waals surface area contributed by atoms with Crippen molar-refractivity contribution >= 4 is 11.7 Å². The molecule has 1 N–H and O–H groups in total. The molecule has 232 valence electrons. The maximum atomic E-state index is 13.6. The highest BCUT2D eigenvalue weighted by atomic mass is 19.4. The zero-order valence-electron chi connectivity index (χ0n) is 24.9. The predicted molar refractivity (Wildman–Crippen MR) is 159 cm³/mol. The molecule has 3 unspecified atom stereocenters. The molecule has 43 heavy (non-hydrogen) atoms. The molecule has 0 saturated carbocycles. The monoisotopic (exact) mass is 598 g/mol. The summed E-state index contributed by atoms with van der Waals surface area (Å²) in [5.74, 6) is 1.69. The number of methoxy groups -OCH3 is 1. The Morgan fingerprint density at radius 1 is 1.07 bits per heavy atom. The average molecular weight is 599 g/mol. The van der Waals surface area contributed by atoms with E-state index < -0.39 is 11.7 Å². The van der Waals surface area contributed by atoms with Crippen molar-refractivity contribution in [3.05, 3.63) is 82.6 Å². The third-order valence-corrected chi connectivity index (χ3v) is 8.56. The van der Waals surface area contributed by atoms with E-state index in [4.69, 9.17) is 14.2 Å². The van der Waals surface area contributed by atoms with Crippen molar-refractivity contribution in [2.24, 2.45) is 5.92 Å². The van der Waals surface area contributed by atoms with Gasteiger partial charge in [-0.25, -0.2) is 0 Å². The summed E-state index contributed by atoms with van der Waals surface area (Å²) >= 11 is 0. The van der Waals surface area contributed by atoms with Gasteiger partial charge in [-0.1, -0.05) is 29.8 Å². The van der Waals surface area contributed by atoms with Gasteiger partial charge in [-0.3, -0.25) is 4.79 Å². The number of ether oxygens (including phenoxy) is 3. The standard InChI is InChI=1S/C34H41F3N2O4/c1-23-38-22-32(43-23)29-15-10-25(21-31(29)41-2)20-24-6-4-17-39(18-16-24)33(40)27-7-3-9-30(42-19-5-8-27)26-11-13-28(14-12-26)34(35,36)37/h6,10-15,21-23,27,30,38H,3-5,7-9,16-20H2,1-2H3. The molecule has 3 atom stereocenters. The van der Waals surface area contributed by atoms with Crippen LogP contribution in [0.1, 0.15) is 80.2 Å². The minimum Gasteiger partial charge on any atom is -0.496 e. The second-order valence-corrected chi connectivity index (χ2v) is 11.6. The quantitative estimate of drug-likeness (QED) is 0.351. The van der Waals surface area contributed by atoms with E-state index in [1.165, 1.54) is 17.7 Å². The largest absolute Gasteiger partial charge is 0.496 e. The fourth-order valence-corrected chi connectivity index (χ4v) is 6.19. The van der Waals surface area contributed by atoms with Gasteiger partial charge in [0.05, 0.1) is 24.3 Å². The summed E-state index contributed by atoms with van der Waals surface area (Å²) in [5.41, 5.74) is 3.49. The normalized spacial score (nSPS) is 23.5. The van der Waals surface area contributed by atoms with E-state index in [9.17, 15) is 18.0 Å². The number of rotatable bonds is 6. The zero-order chi connectivity index (χ0) is 30.4. The number of hydrogen-bond acceptors (Lipinski definition) is 5. The Morgan fingerprint density at radius 3 is 2.58 bits per heavy atom. The molecule has 5 rings (SSSR count). The van der Waals surface area contributed by atoms with E-state index >= 15 is 0 Å². The number of hydrogen-bond donors (Lipinski definition) is 1. The summed E-state index contributed by atoms with van der Waals surface area (Å²) < 4.78 is 56.5. The maximum absolute atomic E-state index is 13.6. The molecule has 3 aliphatic heterocycles. The highest BCUT2D eigenvalue weighted by Gasteiger charge is 2.31. The Kier molecular flexibility index (Phi) is 10.0. The van der Waals surface area contributed by atoms with Crippen LogP contribution in [-0.2, 0) is 26.9 Å². The topological polar surface area (TPSA) is 60.0 Å². The third kappa shape index (κ3) is 7.93. The van der Waals surface area contributed by atoms with Crippen molar-refractivity contribution < 1.29 is 32.2 Å². The van der Waals surface area contributed by atoms with E-state index in [1.807, 2.05) is 24.1 Å². The molecule has 0 radical (unpaired) electrons. The number of carbonyl (C=O) groups is 1. The maximum Gasteiger partial charge on any atom is 0.416 e. The summed E-state index contributed by atoms with van der Waals surface area (Å²) in [6.07, 6.45) is 5.67. The summed E-state index contributed by atoms with van der Waals surface area (Å²) in [6.45, 7) is 3.85. The number of halogens is 3. The van der Waals surface area contributed by atoms with E-state index in [1.54, 1.807) is 7.11 Å². The molecule has 6 nitrogen and oxygen atoms in total. The fraction of sp³-hybridized carbons (Fsp3) is 0.500. The van der Waals surface area contributed by atoms with Crippen LogP contribution in [0.3, 0.4) is 0 Å². The number of benzene rings is 2. The summed E-state index contributed by atoms with van der Waals surface area (Å²) in [4.78, 5) is 15.6. The molecule has 9 heteroatoms.